The van der Waals surface area contributed by atoms with E-state index in [0.717, 1.165) is 38.5 Å². The fraction of sp³-hybridized carbons (Fsp3) is 0.586. The Morgan fingerprint density at radius 3 is 2.59 bits per heavy atom. The van der Waals surface area contributed by atoms with E-state index in [9.17, 15) is 9.59 Å². The van der Waals surface area contributed by atoms with Crippen LogP contribution < -0.4 is 4.90 Å². The predicted octanol–water partition coefficient (Wildman–Crippen LogP) is 6.13. The van der Waals surface area contributed by atoms with Crippen LogP contribution in [0.1, 0.15) is 63.4 Å². The molecule has 5 unspecified atom stereocenters. The minimum atomic E-state index is 0.0106. The highest BCUT2D eigenvalue weighted by Crippen LogP contribution is 2.65. The SMILES string of the molecule is COSCC(=O)C1CCC2C3CCC4=CC(=O)CCC4=C3C(c3ccc(N(C)C)cc3)CC12C. The molecule has 5 rings (SSSR count). The van der Waals surface area contributed by atoms with Crippen molar-refractivity contribution in [1.29, 1.82) is 0 Å². The number of carbonyl (C=O) groups excluding carboxylic acids is 2. The van der Waals surface area contributed by atoms with Crippen molar-refractivity contribution >= 4 is 29.3 Å². The maximum atomic E-state index is 13.3. The van der Waals surface area contributed by atoms with Crippen molar-refractivity contribution in [1.82, 2.24) is 0 Å². The van der Waals surface area contributed by atoms with Crippen molar-refractivity contribution in [2.45, 2.75) is 57.8 Å². The van der Waals surface area contributed by atoms with Crippen molar-refractivity contribution in [2.75, 3.05) is 31.9 Å². The summed E-state index contributed by atoms with van der Waals surface area (Å²) in [5, 5.41) is 0. The van der Waals surface area contributed by atoms with Gasteiger partial charge in [0.1, 0.15) is 5.78 Å². The number of Topliss-reactive ketones (excluding diaryl/α,β-unsaturated/α-hetero) is 1. The number of fused-ring (bicyclic) bond motifs is 4. The van der Waals surface area contributed by atoms with Gasteiger partial charge in [-0.15, -0.1) is 0 Å². The molecule has 0 bridgehead atoms. The molecule has 5 atom stereocenters. The number of anilines is 1. The molecule has 0 radical (unpaired) electrons. The smallest absolute Gasteiger partial charge is 0.156 e. The first kappa shape index (κ1) is 23.9. The second-order valence-corrected chi connectivity index (χ2v) is 12.0. The highest BCUT2D eigenvalue weighted by molar-refractivity contribution is 7.95. The van der Waals surface area contributed by atoms with Gasteiger partial charge in [0.2, 0.25) is 0 Å². The Morgan fingerprint density at radius 2 is 1.88 bits per heavy atom. The van der Waals surface area contributed by atoms with Crippen LogP contribution in [0.5, 0.6) is 0 Å². The van der Waals surface area contributed by atoms with E-state index in [4.69, 9.17) is 4.18 Å². The van der Waals surface area contributed by atoms with Crippen molar-refractivity contribution < 1.29 is 13.8 Å². The van der Waals surface area contributed by atoms with E-state index in [-0.39, 0.29) is 17.1 Å². The molecule has 0 heterocycles. The average molecular weight is 480 g/mol. The minimum absolute atomic E-state index is 0.0106. The van der Waals surface area contributed by atoms with Crippen molar-refractivity contribution in [2.24, 2.45) is 23.2 Å². The van der Waals surface area contributed by atoms with E-state index >= 15 is 0 Å². The third-order valence-corrected chi connectivity index (χ3v) is 9.89. The molecule has 2 saturated carbocycles. The molecule has 4 nitrogen and oxygen atoms in total. The topological polar surface area (TPSA) is 46.6 Å². The summed E-state index contributed by atoms with van der Waals surface area (Å²) in [5.74, 6) is 2.58. The van der Waals surface area contributed by atoms with Gasteiger partial charge in [0, 0.05) is 38.0 Å². The van der Waals surface area contributed by atoms with Crippen LogP contribution >= 0.6 is 12.0 Å². The van der Waals surface area contributed by atoms with E-state index in [0.29, 0.717) is 35.7 Å². The Labute approximate surface area is 208 Å². The molecule has 4 aliphatic rings. The summed E-state index contributed by atoms with van der Waals surface area (Å²) >= 11 is 1.28. The molecule has 0 aliphatic heterocycles. The van der Waals surface area contributed by atoms with Crippen LogP contribution in [0.15, 0.2) is 47.1 Å². The second-order valence-electron chi connectivity index (χ2n) is 11.1. The lowest BCUT2D eigenvalue weighted by molar-refractivity contribution is -0.125. The molecule has 0 saturated heterocycles. The Hall–Kier alpha value is -1.85. The zero-order chi connectivity index (χ0) is 24.0. The Kier molecular flexibility index (Phi) is 6.54. The molecule has 182 valence electrons. The van der Waals surface area contributed by atoms with Crippen LogP contribution in [0.25, 0.3) is 0 Å². The zero-order valence-electron chi connectivity index (χ0n) is 20.9. The number of hydrogen-bond donors (Lipinski definition) is 0. The van der Waals surface area contributed by atoms with E-state index < -0.39 is 0 Å². The first-order chi connectivity index (χ1) is 16.3. The number of hydrogen-bond acceptors (Lipinski definition) is 5. The summed E-state index contributed by atoms with van der Waals surface area (Å²) < 4.78 is 5.17. The molecule has 1 aromatic carbocycles. The minimum Gasteiger partial charge on any atom is -0.378 e. The molecule has 0 amide bonds. The van der Waals surface area contributed by atoms with Crippen molar-refractivity contribution in [3.63, 3.8) is 0 Å². The number of allylic oxidation sites excluding steroid dienone is 4. The fourth-order valence-electron chi connectivity index (χ4n) is 7.71. The summed E-state index contributed by atoms with van der Waals surface area (Å²) in [5.41, 5.74) is 6.95. The molecule has 0 aromatic heterocycles. The summed E-state index contributed by atoms with van der Waals surface area (Å²) in [6.07, 6.45) is 8.73. The molecule has 4 aliphatic carbocycles. The summed E-state index contributed by atoms with van der Waals surface area (Å²) in [7, 11) is 5.80. The quantitative estimate of drug-likeness (QED) is 0.459. The zero-order valence-corrected chi connectivity index (χ0v) is 21.7. The van der Waals surface area contributed by atoms with Gasteiger partial charge in [-0.25, -0.2) is 0 Å². The van der Waals surface area contributed by atoms with Gasteiger partial charge in [-0.2, -0.15) is 0 Å². The number of benzene rings is 1. The van der Waals surface area contributed by atoms with Crippen LogP contribution in [-0.4, -0.2) is 38.5 Å². The summed E-state index contributed by atoms with van der Waals surface area (Å²) in [6, 6.07) is 9.04. The van der Waals surface area contributed by atoms with E-state index in [1.165, 1.54) is 34.4 Å². The number of nitrogens with zero attached hydrogens (tertiary/aromatic N) is 1. The van der Waals surface area contributed by atoms with E-state index in [2.05, 4.69) is 50.2 Å². The molecule has 34 heavy (non-hydrogen) atoms. The van der Waals surface area contributed by atoms with Gasteiger partial charge in [0.05, 0.1) is 12.9 Å². The maximum absolute atomic E-state index is 13.3. The van der Waals surface area contributed by atoms with Gasteiger partial charge in [0.15, 0.2) is 5.78 Å². The summed E-state index contributed by atoms with van der Waals surface area (Å²) in [6.45, 7) is 2.41. The summed E-state index contributed by atoms with van der Waals surface area (Å²) in [4.78, 5) is 27.6. The molecule has 5 heteroatoms. The lowest BCUT2D eigenvalue weighted by atomic mass is 9.51. The van der Waals surface area contributed by atoms with Crippen LogP contribution in [0.2, 0.25) is 0 Å². The molecule has 1 aromatic rings. The van der Waals surface area contributed by atoms with Crippen molar-refractivity contribution in [3.05, 3.63) is 52.6 Å². The fourth-order valence-corrected chi connectivity index (χ4v) is 8.14. The average Bonchev–Trinajstić information content (AvgIpc) is 3.18. The molecule has 2 fully saturated rings. The van der Waals surface area contributed by atoms with E-state index in [1.807, 2.05) is 6.08 Å². The van der Waals surface area contributed by atoms with Crippen LogP contribution in [0.4, 0.5) is 5.69 Å². The monoisotopic (exact) mass is 479 g/mol. The Morgan fingerprint density at radius 1 is 1.12 bits per heavy atom. The van der Waals surface area contributed by atoms with Gasteiger partial charge in [-0.1, -0.05) is 24.6 Å². The number of ketones is 2. The van der Waals surface area contributed by atoms with Crippen LogP contribution in [0, 0.1) is 23.2 Å². The van der Waals surface area contributed by atoms with Gasteiger partial charge in [-0.3, -0.25) is 9.59 Å². The predicted molar refractivity (Wildman–Crippen MR) is 139 cm³/mol. The van der Waals surface area contributed by atoms with Crippen LogP contribution in [-0.2, 0) is 13.8 Å². The third kappa shape index (κ3) is 3.99. The Balaban J connectivity index is 1.59. The lowest BCUT2D eigenvalue weighted by Gasteiger charge is -2.52. The van der Waals surface area contributed by atoms with E-state index in [1.54, 1.807) is 12.7 Å². The van der Waals surface area contributed by atoms with Crippen LogP contribution in [0.3, 0.4) is 0 Å². The van der Waals surface area contributed by atoms with Gasteiger partial charge in [0.25, 0.3) is 0 Å². The third-order valence-electron chi connectivity index (χ3n) is 9.25. The first-order valence-electron chi connectivity index (χ1n) is 12.8. The normalized spacial score (nSPS) is 32.6. The van der Waals surface area contributed by atoms with Gasteiger partial charge >= 0.3 is 0 Å². The first-order valence-corrected chi connectivity index (χ1v) is 13.7. The number of rotatable bonds is 6. The Bertz CT molecular complexity index is 1040. The maximum Gasteiger partial charge on any atom is 0.156 e. The number of carbonyl (C=O) groups is 2. The lowest BCUT2D eigenvalue weighted by Crippen LogP contribution is -2.45. The molecular weight excluding hydrogens is 442 g/mol. The standard InChI is InChI=1S/C29H37NO3S/c1-29-16-24(18-5-8-20(9-6-18)30(2)3)28-22-12-10-21(31)15-19(22)7-11-23(28)25(29)13-14-26(29)27(32)17-34-33-4/h5-6,8-9,15,23-26H,7,10-14,16-17H2,1-4H3. The molecule has 0 N–H and O–H groups in total. The van der Waals surface area contributed by atoms with Gasteiger partial charge in [-0.05, 0) is 103 Å². The molecule has 0 spiro atoms. The highest BCUT2D eigenvalue weighted by atomic mass is 32.2. The highest BCUT2D eigenvalue weighted by Gasteiger charge is 2.58. The molecular formula is C29H37NO3S. The van der Waals surface area contributed by atoms with Gasteiger partial charge < -0.3 is 9.08 Å². The van der Waals surface area contributed by atoms with Crippen molar-refractivity contribution in [3.8, 4) is 0 Å². The largest absolute Gasteiger partial charge is 0.378 e. The second kappa shape index (κ2) is 9.31.